The molecule has 9 heteroatoms. The molecule has 118 valence electrons. The van der Waals surface area contributed by atoms with Crippen molar-refractivity contribution in [1.82, 2.24) is 4.98 Å². The van der Waals surface area contributed by atoms with Gasteiger partial charge in [-0.25, -0.2) is 22.2 Å². The van der Waals surface area contributed by atoms with Gasteiger partial charge in [0.05, 0.1) is 18.8 Å². The summed E-state index contributed by atoms with van der Waals surface area (Å²) in [5.74, 6) is -1.89. The fraction of sp³-hybridized carbons (Fsp3) is 0.154. The largest absolute Gasteiger partial charge is 0.394 e. The summed E-state index contributed by atoms with van der Waals surface area (Å²) in [6.45, 7) is -0.940. The van der Waals surface area contributed by atoms with Crippen molar-refractivity contribution in [3.8, 4) is 0 Å². The second-order valence-electron chi connectivity index (χ2n) is 4.21. The molecule has 0 saturated heterocycles. The molecule has 0 fully saturated rings. The Morgan fingerprint density at radius 3 is 2.50 bits per heavy atom. The van der Waals surface area contributed by atoms with Crippen LogP contribution in [0.5, 0.6) is 0 Å². The van der Waals surface area contributed by atoms with Crippen LogP contribution in [0.1, 0.15) is 0 Å². The van der Waals surface area contributed by atoms with Crippen molar-refractivity contribution < 1.29 is 22.3 Å². The Morgan fingerprint density at radius 2 is 1.95 bits per heavy atom. The van der Waals surface area contributed by atoms with Gasteiger partial charge >= 0.3 is 0 Å². The van der Waals surface area contributed by atoms with Crippen molar-refractivity contribution in [2.45, 2.75) is 4.90 Å². The maximum Gasteiger partial charge on any atom is 0.266 e. The summed E-state index contributed by atoms with van der Waals surface area (Å²) in [7, 11) is -4.18. The molecule has 5 nitrogen and oxygen atoms in total. The highest BCUT2D eigenvalue weighted by molar-refractivity contribution is 7.92. The normalized spacial score (nSPS) is 11.5. The summed E-state index contributed by atoms with van der Waals surface area (Å²) in [5.41, 5.74) is -0.370. The minimum atomic E-state index is -4.18. The summed E-state index contributed by atoms with van der Waals surface area (Å²) in [5, 5.41) is 9.16. The number of aliphatic hydroxyl groups is 1. The third-order valence-corrected chi connectivity index (χ3v) is 4.79. The number of aliphatic hydroxyl groups excluding tert-OH is 1. The van der Waals surface area contributed by atoms with Crippen LogP contribution >= 0.6 is 11.6 Å². The molecule has 0 bridgehead atoms. The van der Waals surface area contributed by atoms with E-state index in [0.29, 0.717) is 10.4 Å². The minimum absolute atomic E-state index is 0.0978. The van der Waals surface area contributed by atoms with Gasteiger partial charge in [0.15, 0.2) is 0 Å². The zero-order chi connectivity index (χ0) is 16.3. The first kappa shape index (κ1) is 16.6. The zero-order valence-corrected chi connectivity index (χ0v) is 12.7. The standard InChI is InChI=1S/C13H11ClF2N2O3S/c14-13-4-2-10(8-17-13)22(20,21)18(5-6-19)12-3-1-9(15)7-11(12)16/h1-4,7-8,19H,5-6H2. The van der Waals surface area contributed by atoms with Crippen LogP contribution in [-0.2, 0) is 10.0 Å². The van der Waals surface area contributed by atoms with Crippen molar-refractivity contribution in [3.05, 3.63) is 53.3 Å². The molecule has 2 rings (SSSR count). The van der Waals surface area contributed by atoms with Gasteiger partial charge in [-0.2, -0.15) is 0 Å². The maximum absolute atomic E-state index is 13.9. The average molecular weight is 349 g/mol. The number of rotatable bonds is 5. The average Bonchev–Trinajstić information content (AvgIpc) is 2.46. The summed E-state index contributed by atoms with van der Waals surface area (Å²) in [4.78, 5) is 3.43. The lowest BCUT2D eigenvalue weighted by molar-refractivity contribution is 0.306. The van der Waals surface area contributed by atoms with Crippen LogP contribution in [0, 0.1) is 11.6 Å². The predicted octanol–water partition coefficient (Wildman–Crippen LogP) is 2.20. The first-order valence-electron chi connectivity index (χ1n) is 6.06. The van der Waals surface area contributed by atoms with E-state index < -0.39 is 34.8 Å². The van der Waals surface area contributed by atoms with Crippen LogP contribution in [0.25, 0.3) is 0 Å². The quantitative estimate of drug-likeness (QED) is 0.841. The highest BCUT2D eigenvalue weighted by atomic mass is 35.5. The van der Waals surface area contributed by atoms with E-state index in [-0.39, 0.29) is 15.7 Å². The van der Waals surface area contributed by atoms with Crippen LogP contribution in [0.3, 0.4) is 0 Å². The van der Waals surface area contributed by atoms with Crippen molar-refractivity contribution in [1.29, 1.82) is 0 Å². The van der Waals surface area contributed by atoms with Crippen LogP contribution in [-0.4, -0.2) is 31.7 Å². The van der Waals surface area contributed by atoms with Gasteiger partial charge in [-0.3, -0.25) is 4.31 Å². The summed E-state index contributed by atoms with van der Waals surface area (Å²) in [6.07, 6.45) is 1.02. The predicted molar refractivity (Wildman–Crippen MR) is 77.2 cm³/mol. The van der Waals surface area contributed by atoms with E-state index in [4.69, 9.17) is 16.7 Å². The summed E-state index contributed by atoms with van der Waals surface area (Å²) in [6, 6.07) is 4.96. The molecule has 1 aromatic heterocycles. The summed E-state index contributed by atoms with van der Waals surface area (Å²) >= 11 is 5.60. The van der Waals surface area contributed by atoms with Gasteiger partial charge < -0.3 is 5.11 Å². The van der Waals surface area contributed by atoms with Crippen LogP contribution in [0.4, 0.5) is 14.5 Å². The number of benzene rings is 1. The molecular formula is C13H11ClF2N2O3S. The lowest BCUT2D eigenvalue weighted by atomic mass is 10.3. The molecule has 0 radical (unpaired) electrons. The number of halogens is 3. The molecule has 22 heavy (non-hydrogen) atoms. The van der Waals surface area contributed by atoms with Crippen molar-refractivity contribution in [2.24, 2.45) is 0 Å². The molecule has 1 N–H and O–H groups in total. The number of pyridine rings is 1. The van der Waals surface area contributed by atoms with Crippen LogP contribution in [0.15, 0.2) is 41.4 Å². The number of aromatic nitrogens is 1. The number of nitrogens with zero attached hydrogens (tertiary/aromatic N) is 2. The van der Waals surface area contributed by atoms with E-state index in [2.05, 4.69) is 4.98 Å². The first-order chi connectivity index (χ1) is 10.4. The smallest absolute Gasteiger partial charge is 0.266 e. The van der Waals surface area contributed by atoms with E-state index in [0.717, 1.165) is 18.3 Å². The highest BCUT2D eigenvalue weighted by Crippen LogP contribution is 2.26. The maximum atomic E-state index is 13.9. The van der Waals surface area contributed by atoms with E-state index in [1.165, 1.54) is 12.1 Å². The fourth-order valence-electron chi connectivity index (χ4n) is 1.79. The van der Waals surface area contributed by atoms with Crippen LogP contribution < -0.4 is 4.31 Å². The Morgan fingerprint density at radius 1 is 1.23 bits per heavy atom. The number of hydrogen-bond acceptors (Lipinski definition) is 4. The minimum Gasteiger partial charge on any atom is -0.394 e. The van der Waals surface area contributed by atoms with Crippen molar-refractivity contribution in [2.75, 3.05) is 17.5 Å². The second kappa shape index (κ2) is 6.55. The molecule has 0 aliphatic carbocycles. The molecule has 1 heterocycles. The molecule has 0 saturated carbocycles. The van der Waals surface area contributed by atoms with Crippen LogP contribution in [0.2, 0.25) is 5.15 Å². The molecule has 0 amide bonds. The Kier molecular flexibility index (Phi) is 4.94. The van der Waals surface area contributed by atoms with E-state index in [1.54, 1.807) is 0 Å². The molecule has 1 aromatic carbocycles. The molecule has 0 spiro atoms. The Bertz CT molecular complexity index is 769. The highest BCUT2D eigenvalue weighted by Gasteiger charge is 2.27. The zero-order valence-electron chi connectivity index (χ0n) is 11.1. The van der Waals surface area contributed by atoms with Gasteiger partial charge in [0.1, 0.15) is 21.7 Å². The van der Waals surface area contributed by atoms with Crippen molar-refractivity contribution >= 4 is 27.3 Å². The van der Waals surface area contributed by atoms with Gasteiger partial charge in [-0.1, -0.05) is 11.6 Å². The third kappa shape index (κ3) is 3.34. The lowest BCUT2D eigenvalue weighted by Crippen LogP contribution is -2.34. The van der Waals surface area contributed by atoms with E-state index >= 15 is 0 Å². The van der Waals surface area contributed by atoms with Crippen molar-refractivity contribution in [3.63, 3.8) is 0 Å². The van der Waals surface area contributed by atoms with Gasteiger partial charge in [0.25, 0.3) is 10.0 Å². The molecule has 0 atom stereocenters. The topological polar surface area (TPSA) is 70.5 Å². The van der Waals surface area contributed by atoms with E-state index in [9.17, 15) is 17.2 Å². The summed E-state index contributed by atoms with van der Waals surface area (Å²) < 4.78 is 52.6. The first-order valence-corrected chi connectivity index (χ1v) is 7.88. The molecule has 0 aliphatic heterocycles. The molecule has 0 unspecified atom stereocenters. The monoisotopic (exact) mass is 348 g/mol. The SMILES string of the molecule is O=S(=O)(c1ccc(Cl)nc1)N(CCO)c1ccc(F)cc1F. The van der Waals surface area contributed by atoms with E-state index in [1.807, 2.05) is 0 Å². The lowest BCUT2D eigenvalue weighted by Gasteiger charge is -2.24. The Hall–Kier alpha value is -1.77. The number of anilines is 1. The Balaban J connectivity index is 2.53. The van der Waals surface area contributed by atoms with Gasteiger partial charge in [-0.15, -0.1) is 0 Å². The van der Waals surface area contributed by atoms with Gasteiger partial charge in [-0.05, 0) is 24.3 Å². The fourth-order valence-corrected chi connectivity index (χ4v) is 3.31. The van der Waals surface area contributed by atoms with Gasteiger partial charge in [0.2, 0.25) is 0 Å². The number of hydrogen-bond donors (Lipinski definition) is 1. The Labute approximate surface area is 130 Å². The third-order valence-electron chi connectivity index (χ3n) is 2.77. The second-order valence-corrected chi connectivity index (χ2v) is 6.46. The molecule has 0 aliphatic rings. The number of sulfonamides is 1. The van der Waals surface area contributed by atoms with Gasteiger partial charge in [0, 0.05) is 12.3 Å². The molecule has 2 aromatic rings. The molecular weight excluding hydrogens is 338 g/mol.